The minimum Gasteiger partial charge on any atom is -0.325 e. The van der Waals surface area contributed by atoms with Gasteiger partial charge in [0.2, 0.25) is 15.9 Å². The first-order chi connectivity index (χ1) is 16.8. The maximum atomic E-state index is 13.2. The normalized spacial score (nSPS) is 21.5. The predicted molar refractivity (Wildman–Crippen MR) is 131 cm³/mol. The molecule has 2 aromatic rings. The minimum absolute atomic E-state index is 0.169. The van der Waals surface area contributed by atoms with Crippen molar-refractivity contribution in [3.05, 3.63) is 60.2 Å². The summed E-state index contributed by atoms with van der Waals surface area (Å²) in [5.41, 5.74) is -0.172. The fourth-order valence-corrected chi connectivity index (χ4v) is 6.13. The molecule has 4 amide bonds. The number of carbonyl (C=O) groups is 3. The standard InChI is InChI=1S/C25H30N4O5S/c1-2-25(19-10-6-5-7-11-19)23(31)29(24(32)27-25)18-22(30)26-20-12-14-21(15-13-20)35(33,34)28-16-8-3-4-9-17-28/h5-7,10-15H,2-4,8-9,16-18H2,1H3,(H,26,30)(H,27,32)/t25-/m1/s1. The number of hydrogen-bond acceptors (Lipinski definition) is 5. The van der Waals surface area contributed by atoms with Crippen LogP contribution in [0.4, 0.5) is 10.5 Å². The molecule has 0 saturated carbocycles. The molecule has 0 radical (unpaired) electrons. The smallest absolute Gasteiger partial charge is 0.325 e. The summed E-state index contributed by atoms with van der Waals surface area (Å²) in [6.45, 7) is 2.37. The van der Waals surface area contributed by atoms with E-state index in [-0.39, 0.29) is 4.90 Å². The Kier molecular flexibility index (Phi) is 7.23. The highest BCUT2D eigenvalue weighted by Gasteiger charge is 2.51. The number of nitrogens with one attached hydrogen (secondary N) is 2. The van der Waals surface area contributed by atoms with Crippen LogP contribution in [0.2, 0.25) is 0 Å². The van der Waals surface area contributed by atoms with E-state index in [4.69, 9.17) is 0 Å². The highest BCUT2D eigenvalue weighted by atomic mass is 32.2. The van der Waals surface area contributed by atoms with Crippen LogP contribution >= 0.6 is 0 Å². The van der Waals surface area contributed by atoms with Gasteiger partial charge in [-0.25, -0.2) is 13.2 Å². The summed E-state index contributed by atoms with van der Waals surface area (Å²) in [6.07, 6.45) is 4.09. The molecule has 2 aliphatic rings. The molecule has 4 rings (SSSR count). The van der Waals surface area contributed by atoms with Gasteiger partial charge in [-0.3, -0.25) is 14.5 Å². The Morgan fingerprint density at radius 2 is 1.60 bits per heavy atom. The van der Waals surface area contributed by atoms with E-state index in [0.717, 1.165) is 30.6 Å². The number of imide groups is 1. The zero-order valence-corrected chi connectivity index (χ0v) is 20.5. The maximum Gasteiger partial charge on any atom is 0.325 e. The number of rotatable bonds is 7. The van der Waals surface area contributed by atoms with Crippen molar-refractivity contribution >= 4 is 33.6 Å². The second-order valence-electron chi connectivity index (χ2n) is 8.84. The third-order valence-electron chi connectivity index (χ3n) is 6.62. The Bertz CT molecular complexity index is 1190. The van der Waals surface area contributed by atoms with Crippen molar-refractivity contribution < 1.29 is 22.8 Å². The number of carbonyl (C=O) groups excluding carboxylic acids is 3. The summed E-state index contributed by atoms with van der Waals surface area (Å²) in [7, 11) is -3.59. The quantitative estimate of drug-likeness (QED) is 0.570. The van der Waals surface area contributed by atoms with Crippen LogP contribution in [0.5, 0.6) is 0 Å². The molecule has 1 atom stereocenters. The van der Waals surface area contributed by atoms with Gasteiger partial charge in [0.05, 0.1) is 4.90 Å². The number of anilines is 1. The van der Waals surface area contributed by atoms with Gasteiger partial charge in [0.1, 0.15) is 12.1 Å². The SMILES string of the molecule is CC[C@]1(c2ccccc2)NC(=O)N(CC(=O)Nc2ccc(S(=O)(=O)N3CCCCCC3)cc2)C1=O. The van der Waals surface area contributed by atoms with E-state index in [0.29, 0.717) is 30.8 Å². The average Bonchev–Trinajstić information content (AvgIpc) is 3.04. The molecule has 0 unspecified atom stereocenters. The highest BCUT2D eigenvalue weighted by molar-refractivity contribution is 7.89. The molecule has 2 aliphatic heterocycles. The lowest BCUT2D eigenvalue weighted by Gasteiger charge is -2.25. The molecule has 0 spiro atoms. The Morgan fingerprint density at radius 3 is 2.20 bits per heavy atom. The second kappa shape index (κ2) is 10.2. The Hall–Kier alpha value is -3.24. The lowest BCUT2D eigenvalue weighted by atomic mass is 9.87. The van der Waals surface area contributed by atoms with Gasteiger partial charge in [-0.2, -0.15) is 4.31 Å². The van der Waals surface area contributed by atoms with Crippen molar-refractivity contribution in [1.29, 1.82) is 0 Å². The number of urea groups is 1. The van der Waals surface area contributed by atoms with Crippen LogP contribution in [0.3, 0.4) is 0 Å². The van der Waals surface area contributed by atoms with Gasteiger partial charge in [0.15, 0.2) is 0 Å². The predicted octanol–water partition coefficient (Wildman–Crippen LogP) is 3.05. The minimum atomic E-state index is -3.59. The Balaban J connectivity index is 1.42. The molecule has 0 aromatic heterocycles. The van der Waals surface area contributed by atoms with Crippen molar-refractivity contribution in [2.24, 2.45) is 0 Å². The van der Waals surface area contributed by atoms with Crippen LogP contribution in [-0.2, 0) is 25.2 Å². The molecule has 2 N–H and O–H groups in total. The lowest BCUT2D eigenvalue weighted by Crippen LogP contribution is -2.44. The summed E-state index contributed by atoms with van der Waals surface area (Å²) in [5, 5.41) is 5.39. The summed E-state index contributed by atoms with van der Waals surface area (Å²) < 4.78 is 27.4. The van der Waals surface area contributed by atoms with Crippen LogP contribution in [0.15, 0.2) is 59.5 Å². The molecule has 35 heavy (non-hydrogen) atoms. The second-order valence-corrected chi connectivity index (χ2v) is 10.8. The molecular formula is C25H30N4O5S. The number of amides is 4. The fourth-order valence-electron chi connectivity index (χ4n) is 4.62. The molecule has 0 aliphatic carbocycles. The summed E-state index contributed by atoms with van der Waals surface area (Å²) in [5.74, 6) is -1.04. The molecule has 2 saturated heterocycles. The molecule has 186 valence electrons. The van der Waals surface area contributed by atoms with Crippen LogP contribution in [0, 0.1) is 0 Å². The molecule has 2 heterocycles. The Labute approximate surface area is 205 Å². The van der Waals surface area contributed by atoms with Crippen LogP contribution < -0.4 is 10.6 Å². The van der Waals surface area contributed by atoms with Gasteiger partial charge in [0, 0.05) is 18.8 Å². The number of hydrogen-bond donors (Lipinski definition) is 2. The molecule has 0 bridgehead atoms. The first-order valence-corrected chi connectivity index (χ1v) is 13.3. The van der Waals surface area contributed by atoms with Crippen molar-refractivity contribution in [3.63, 3.8) is 0 Å². The molecule has 2 aromatic carbocycles. The fraction of sp³-hybridized carbons (Fsp3) is 0.400. The van der Waals surface area contributed by atoms with E-state index >= 15 is 0 Å². The molecular weight excluding hydrogens is 468 g/mol. The van der Waals surface area contributed by atoms with Crippen LogP contribution in [0.1, 0.15) is 44.6 Å². The molecule has 2 fully saturated rings. The van der Waals surface area contributed by atoms with Crippen LogP contribution in [-0.4, -0.2) is 55.1 Å². The third-order valence-corrected chi connectivity index (χ3v) is 8.53. The number of nitrogens with zero attached hydrogens (tertiary/aromatic N) is 2. The van der Waals surface area contributed by atoms with Gasteiger partial charge in [0.25, 0.3) is 5.91 Å². The summed E-state index contributed by atoms with van der Waals surface area (Å²) in [4.78, 5) is 39.5. The summed E-state index contributed by atoms with van der Waals surface area (Å²) in [6, 6.07) is 14.3. The first-order valence-electron chi connectivity index (χ1n) is 11.9. The average molecular weight is 499 g/mol. The van der Waals surface area contributed by atoms with Crippen molar-refractivity contribution in [2.75, 3.05) is 25.0 Å². The van der Waals surface area contributed by atoms with E-state index in [1.807, 2.05) is 6.07 Å². The number of benzene rings is 2. The van der Waals surface area contributed by atoms with E-state index < -0.39 is 40.0 Å². The monoisotopic (exact) mass is 498 g/mol. The van der Waals surface area contributed by atoms with Crippen molar-refractivity contribution in [1.82, 2.24) is 14.5 Å². The van der Waals surface area contributed by atoms with Gasteiger partial charge >= 0.3 is 6.03 Å². The third kappa shape index (κ3) is 4.94. The van der Waals surface area contributed by atoms with Gasteiger partial charge in [-0.1, -0.05) is 50.1 Å². The van der Waals surface area contributed by atoms with Gasteiger partial charge in [-0.15, -0.1) is 0 Å². The van der Waals surface area contributed by atoms with Crippen molar-refractivity contribution in [3.8, 4) is 0 Å². The topological polar surface area (TPSA) is 116 Å². The van der Waals surface area contributed by atoms with E-state index in [1.165, 1.54) is 28.6 Å². The molecule has 10 heteroatoms. The Morgan fingerprint density at radius 1 is 0.971 bits per heavy atom. The van der Waals surface area contributed by atoms with E-state index in [9.17, 15) is 22.8 Å². The zero-order valence-electron chi connectivity index (χ0n) is 19.7. The van der Waals surface area contributed by atoms with Crippen LogP contribution in [0.25, 0.3) is 0 Å². The largest absolute Gasteiger partial charge is 0.325 e. The maximum absolute atomic E-state index is 13.2. The highest BCUT2D eigenvalue weighted by Crippen LogP contribution is 2.32. The van der Waals surface area contributed by atoms with Crippen molar-refractivity contribution in [2.45, 2.75) is 49.5 Å². The van der Waals surface area contributed by atoms with Gasteiger partial charge < -0.3 is 10.6 Å². The first kappa shape index (κ1) is 24.9. The lowest BCUT2D eigenvalue weighted by molar-refractivity contribution is -0.134. The number of sulfonamides is 1. The molecule has 9 nitrogen and oxygen atoms in total. The van der Waals surface area contributed by atoms with Gasteiger partial charge in [-0.05, 0) is 49.1 Å². The zero-order chi connectivity index (χ0) is 25.1. The van der Waals surface area contributed by atoms with E-state index in [2.05, 4.69) is 10.6 Å². The summed E-state index contributed by atoms with van der Waals surface area (Å²) >= 11 is 0. The van der Waals surface area contributed by atoms with E-state index in [1.54, 1.807) is 31.2 Å².